The fraction of sp³-hybridized carbons (Fsp3) is 0.286. The fourth-order valence-corrected chi connectivity index (χ4v) is 3.14. The van der Waals surface area contributed by atoms with Crippen LogP contribution in [0.2, 0.25) is 0 Å². The number of nitrogens with one attached hydrogen (secondary N) is 1. The molecular formula is C21H22N2O6. The van der Waals surface area contributed by atoms with Crippen molar-refractivity contribution in [3.63, 3.8) is 0 Å². The molecule has 3 rings (SSSR count). The first-order valence-electron chi connectivity index (χ1n) is 8.92. The summed E-state index contributed by atoms with van der Waals surface area (Å²) >= 11 is 0. The molecule has 0 aromatic heterocycles. The summed E-state index contributed by atoms with van der Waals surface area (Å²) in [6.45, 7) is 2.72. The van der Waals surface area contributed by atoms with E-state index in [1.54, 1.807) is 50.2 Å². The van der Waals surface area contributed by atoms with E-state index in [9.17, 15) is 14.4 Å². The van der Waals surface area contributed by atoms with Crippen molar-refractivity contribution in [2.45, 2.75) is 19.4 Å². The van der Waals surface area contributed by atoms with Gasteiger partial charge in [-0.3, -0.25) is 14.5 Å². The summed E-state index contributed by atoms with van der Waals surface area (Å²) in [5.74, 6) is -0.836. The number of amides is 2. The van der Waals surface area contributed by atoms with Gasteiger partial charge in [0.15, 0.2) is 6.61 Å². The van der Waals surface area contributed by atoms with Gasteiger partial charge in [0.2, 0.25) is 5.91 Å². The Morgan fingerprint density at radius 2 is 1.79 bits per heavy atom. The highest BCUT2D eigenvalue weighted by Crippen LogP contribution is 2.36. The summed E-state index contributed by atoms with van der Waals surface area (Å²) in [6.07, 6.45) is 0. The molecule has 8 heteroatoms. The van der Waals surface area contributed by atoms with E-state index in [0.717, 1.165) is 0 Å². The number of esters is 1. The predicted octanol–water partition coefficient (Wildman–Crippen LogP) is 2.62. The van der Waals surface area contributed by atoms with Gasteiger partial charge in [-0.1, -0.05) is 12.1 Å². The molecular weight excluding hydrogens is 376 g/mol. The van der Waals surface area contributed by atoms with E-state index in [-0.39, 0.29) is 11.5 Å². The molecule has 0 atom stereocenters. The van der Waals surface area contributed by atoms with Gasteiger partial charge in [-0.15, -0.1) is 0 Å². The minimum atomic E-state index is -1.15. The molecule has 0 saturated heterocycles. The highest BCUT2D eigenvalue weighted by Gasteiger charge is 2.43. The highest BCUT2D eigenvalue weighted by atomic mass is 16.5. The van der Waals surface area contributed by atoms with E-state index >= 15 is 0 Å². The summed E-state index contributed by atoms with van der Waals surface area (Å²) in [6, 6.07) is 11.6. The van der Waals surface area contributed by atoms with E-state index in [2.05, 4.69) is 5.32 Å². The Morgan fingerprint density at radius 3 is 2.48 bits per heavy atom. The number of benzene rings is 2. The van der Waals surface area contributed by atoms with Gasteiger partial charge < -0.3 is 19.5 Å². The Kier molecular flexibility index (Phi) is 5.45. The van der Waals surface area contributed by atoms with Gasteiger partial charge in [-0.25, -0.2) is 4.79 Å². The second kappa shape index (κ2) is 7.83. The standard InChI is InChI=1S/C21H22N2O6/c1-21(2)20(26)22-15-7-5-6-8-16(15)23(21)18(24)12-29-19(25)14-11-13(27-3)9-10-17(14)28-4/h5-11H,12H2,1-4H3,(H,22,26). The molecule has 2 amide bonds. The Balaban J connectivity index is 1.82. The number of nitrogens with zero attached hydrogens (tertiary/aromatic N) is 1. The van der Waals surface area contributed by atoms with E-state index < -0.39 is 24.0 Å². The lowest BCUT2D eigenvalue weighted by molar-refractivity contribution is -0.128. The van der Waals surface area contributed by atoms with Crippen molar-refractivity contribution >= 4 is 29.2 Å². The third-order valence-electron chi connectivity index (χ3n) is 4.71. The molecule has 1 aliphatic rings. The zero-order chi connectivity index (χ0) is 21.2. The first-order chi connectivity index (χ1) is 13.8. The summed E-state index contributed by atoms with van der Waals surface area (Å²) in [5, 5.41) is 2.78. The Bertz CT molecular complexity index is 969. The van der Waals surface area contributed by atoms with Gasteiger partial charge in [0.25, 0.3) is 5.91 Å². The normalized spacial score (nSPS) is 14.5. The minimum absolute atomic E-state index is 0.135. The number of fused-ring (bicyclic) bond motifs is 1. The first-order valence-corrected chi connectivity index (χ1v) is 8.92. The average Bonchev–Trinajstić information content (AvgIpc) is 2.72. The molecule has 2 aromatic rings. The molecule has 0 radical (unpaired) electrons. The van der Waals surface area contributed by atoms with Crippen LogP contribution < -0.4 is 19.7 Å². The number of anilines is 2. The number of rotatable bonds is 5. The molecule has 152 valence electrons. The molecule has 0 bridgehead atoms. The molecule has 0 unspecified atom stereocenters. The topological polar surface area (TPSA) is 94.2 Å². The van der Waals surface area contributed by atoms with Gasteiger partial charge >= 0.3 is 5.97 Å². The van der Waals surface area contributed by atoms with Gasteiger partial charge in [-0.05, 0) is 44.2 Å². The smallest absolute Gasteiger partial charge is 0.342 e. The van der Waals surface area contributed by atoms with Crippen LogP contribution >= 0.6 is 0 Å². The number of methoxy groups -OCH3 is 2. The Hall–Kier alpha value is -3.55. The molecule has 2 aromatic carbocycles. The van der Waals surface area contributed by atoms with Crippen LogP contribution in [-0.4, -0.2) is 44.1 Å². The molecule has 0 fully saturated rings. The molecule has 1 aliphatic heterocycles. The van der Waals surface area contributed by atoms with Gasteiger partial charge in [0, 0.05) is 0 Å². The van der Waals surface area contributed by atoms with Crippen molar-refractivity contribution in [2.24, 2.45) is 0 Å². The van der Waals surface area contributed by atoms with Crippen LogP contribution in [0.1, 0.15) is 24.2 Å². The van der Waals surface area contributed by atoms with Crippen molar-refractivity contribution in [3.05, 3.63) is 48.0 Å². The quantitative estimate of drug-likeness (QED) is 0.778. The number of carbonyl (C=O) groups excluding carboxylic acids is 3. The second-order valence-electron chi connectivity index (χ2n) is 6.90. The monoisotopic (exact) mass is 398 g/mol. The average molecular weight is 398 g/mol. The lowest BCUT2D eigenvalue weighted by Gasteiger charge is -2.41. The predicted molar refractivity (Wildman–Crippen MR) is 106 cm³/mol. The zero-order valence-corrected chi connectivity index (χ0v) is 16.6. The number of para-hydroxylation sites is 2. The largest absolute Gasteiger partial charge is 0.497 e. The Labute approximate surface area is 168 Å². The van der Waals surface area contributed by atoms with E-state index in [4.69, 9.17) is 14.2 Å². The molecule has 8 nitrogen and oxygen atoms in total. The van der Waals surface area contributed by atoms with Crippen molar-refractivity contribution in [2.75, 3.05) is 31.0 Å². The molecule has 0 spiro atoms. The molecule has 1 N–H and O–H groups in total. The summed E-state index contributed by atoms with van der Waals surface area (Å²) in [5.41, 5.74) is 0.0460. The van der Waals surface area contributed by atoms with Crippen LogP contribution in [0.4, 0.5) is 11.4 Å². The molecule has 0 aliphatic carbocycles. The molecule has 1 heterocycles. The lowest BCUT2D eigenvalue weighted by Crippen LogP contribution is -2.59. The van der Waals surface area contributed by atoms with Gasteiger partial charge in [0.1, 0.15) is 22.6 Å². The molecule has 29 heavy (non-hydrogen) atoms. The third kappa shape index (κ3) is 3.73. The summed E-state index contributed by atoms with van der Waals surface area (Å²) in [7, 11) is 2.90. The summed E-state index contributed by atoms with van der Waals surface area (Å²) < 4.78 is 15.5. The van der Waals surface area contributed by atoms with Crippen molar-refractivity contribution < 1.29 is 28.6 Å². The van der Waals surface area contributed by atoms with Crippen LogP contribution in [0.15, 0.2) is 42.5 Å². The second-order valence-corrected chi connectivity index (χ2v) is 6.90. The minimum Gasteiger partial charge on any atom is -0.497 e. The maximum Gasteiger partial charge on any atom is 0.342 e. The van der Waals surface area contributed by atoms with E-state index in [0.29, 0.717) is 22.9 Å². The van der Waals surface area contributed by atoms with E-state index in [1.807, 2.05) is 0 Å². The highest BCUT2D eigenvalue weighted by molar-refractivity contribution is 6.14. The lowest BCUT2D eigenvalue weighted by atomic mass is 9.96. The van der Waals surface area contributed by atoms with Crippen molar-refractivity contribution in [1.82, 2.24) is 0 Å². The number of ether oxygens (including phenoxy) is 3. The third-order valence-corrected chi connectivity index (χ3v) is 4.71. The van der Waals surface area contributed by atoms with Gasteiger partial charge in [-0.2, -0.15) is 0 Å². The summed E-state index contributed by atoms with van der Waals surface area (Å²) in [4.78, 5) is 39.3. The number of hydrogen-bond donors (Lipinski definition) is 1. The molecule has 0 saturated carbocycles. The van der Waals surface area contributed by atoms with Crippen LogP contribution in [0.3, 0.4) is 0 Å². The van der Waals surface area contributed by atoms with Crippen LogP contribution in [-0.2, 0) is 14.3 Å². The zero-order valence-electron chi connectivity index (χ0n) is 16.6. The van der Waals surface area contributed by atoms with Gasteiger partial charge in [0.05, 0.1) is 25.6 Å². The van der Waals surface area contributed by atoms with E-state index in [1.165, 1.54) is 25.2 Å². The SMILES string of the molecule is COc1ccc(OC)c(C(=O)OCC(=O)N2c3ccccc3NC(=O)C2(C)C)c1. The van der Waals surface area contributed by atoms with Crippen LogP contribution in [0.5, 0.6) is 11.5 Å². The van der Waals surface area contributed by atoms with Crippen molar-refractivity contribution in [3.8, 4) is 11.5 Å². The maximum atomic E-state index is 12.9. The van der Waals surface area contributed by atoms with Crippen LogP contribution in [0, 0.1) is 0 Å². The van der Waals surface area contributed by atoms with Crippen LogP contribution in [0.25, 0.3) is 0 Å². The van der Waals surface area contributed by atoms with Crippen molar-refractivity contribution in [1.29, 1.82) is 0 Å². The number of hydrogen-bond acceptors (Lipinski definition) is 6. The number of carbonyl (C=O) groups is 3. The first kappa shape index (κ1) is 20.2. The Morgan fingerprint density at radius 1 is 1.07 bits per heavy atom. The maximum absolute atomic E-state index is 12.9. The fourth-order valence-electron chi connectivity index (χ4n) is 3.14.